The van der Waals surface area contributed by atoms with E-state index in [-0.39, 0.29) is 47.3 Å². The summed E-state index contributed by atoms with van der Waals surface area (Å²) in [6, 6.07) is 26.7. The smallest absolute Gasteiger partial charge is 0.251 e. The fourth-order valence-corrected chi connectivity index (χ4v) is 5.65. The van der Waals surface area contributed by atoms with Crippen LogP contribution in [0.2, 0.25) is 0 Å². The second-order valence-corrected chi connectivity index (χ2v) is 13.0. The van der Waals surface area contributed by atoms with E-state index in [9.17, 15) is 19.2 Å². The molecule has 0 saturated heterocycles. The zero-order valence-corrected chi connectivity index (χ0v) is 28.9. The first-order valence-corrected chi connectivity index (χ1v) is 17.2. The van der Waals surface area contributed by atoms with E-state index >= 15 is 0 Å². The van der Waals surface area contributed by atoms with E-state index in [0.717, 1.165) is 29.5 Å². The van der Waals surface area contributed by atoms with E-state index < -0.39 is 17.9 Å². The van der Waals surface area contributed by atoms with Crippen molar-refractivity contribution in [1.82, 2.24) is 26.3 Å². The van der Waals surface area contributed by atoms with Gasteiger partial charge in [0.05, 0.1) is 18.6 Å². The van der Waals surface area contributed by atoms with Gasteiger partial charge in [0.2, 0.25) is 11.8 Å². The number of carbonyl (C=O) groups excluding carboxylic acids is 4. The van der Waals surface area contributed by atoms with Crippen LogP contribution in [-0.4, -0.2) is 53.8 Å². The third-order valence-corrected chi connectivity index (χ3v) is 8.84. The van der Waals surface area contributed by atoms with Gasteiger partial charge in [0, 0.05) is 61.0 Å². The number of nitrogens with zero attached hydrogens (tertiary/aromatic N) is 2. The number of amides is 4. The summed E-state index contributed by atoms with van der Waals surface area (Å²) in [6.45, 7) is 6.41. The summed E-state index contributed by atoms with van der Waals surface area (Å²) < 4.78 is 0. The van der Waals surface area contributed by atoms with E-state index in [1.54, 1.807) is 41.6 Å². The van der Waals surface area contributed by atoms with E-state index in [0.29, 0.717) is 31.1 Å². The van der Waals surface area contributed by atoms with Crippen LogP contribution in [0.4, 0.5) is 5.69 Å². The summed E-state index contributed by atoms with van der Waals surface area (Å²) in [5, 5.41) is 12.4. The Balaban J connectivity index is 0.00000364. The predicted octanol–water partition coefficient (Wildman–Crippen LogP) is 5.96. The molecule has 0 spiro atoms. The fraction of sp³-hybridized carbons (Fsp3) is 0.325. The zero-order chi connectivity index (χ0) is 35.5. The van der Waals surface area contributed by atoms with Gasteiger partial charge in [0.25, 0.3) is 11.8 Å². The molecule has 0 bridgehead atoms. The first-order chi connectivity index (χ1) is 24.2. The summed E-state index contributed by atoms with van der Waals surface area (Å²) in [7, 11) is 0. The van der Waals surface area contributed by atoms with Crippen molar-refractivity contribution < 1.29 is 24.9 Å². The van der Waals surface area contributed by atoms with Gasteiger partial charge in [0.15, 0.2) is 0 Å². The zero-order valence-electron chi connectivity index (χ0n) is 28.9. The standard InChI is InChI=1S/C40H46N6O4.4H2/c1-27(33-15-10-18-41-24-33)44-39(49)34-20-35(22-37(21-34)46(29(3)47)26-32-13-8-5-9-14-32)40(50)45-36(19-30-11-6-4-7-12-30)25-42-28(2)38(48)43-23-31-16-17-31;;;;/h4-15,18,20-22,24,27-28,31,36,42H,16-17,19,23,25-26H2,1-3H3,(H,43,48)(H,44,49)(H,45,50);4*1H/t27?,28-,36-;;;;/m0..../s1. The highest BCUT2D eigenvalue weighted by atomic mass is 16.2. The molecule has 4 N–H and O–H groups in total. The molecule has 268 valence electrons. The van der Waals surface area contributed by atoms with Crippen LogP contribution in [0, 0.1) is 5.92 Å². The molecule has 50 heavy (non-hydrogen) atoms. The monoisotopic (exact) mass is 682 g/mol. The summed E-state index contributed by atoms with van der Waals surface area (Å²) in [6.07, 6.45) is 6.17. The maximum absolute atomic E-state index is 14.1. The number of hydrogen-bond acceptors (Lipinski definition) is 6. The maximum Gasteiger partial charge on any atom is 0.251 e. The minimum atomic E-state index is -0.452. The van der Waals surface area contributed by atoms with E-state index in [4.69, 9.17) is 0 Å². The lowest BCUT2D eigenvalue weighted by molar-refractivity contribution is -0.122. The molecule has 0 radical (unpaired) electrons. The second-order valence-electron chi connectivity index (χ2n) is 13.0. The molecule has 4 amide bonds. The first-order valence-electron chi connectivity index (χ1n) is 17.2. The first kappa shape index (κ1) is 35.9. The van der Waals surface area contributed by atoms with E-state index in [1.165, 1.54) is 6.92 Å². The molecular weight excluding hydrogens is 628 g/mol. The van der Waals surface area contributed by atoms with Crippen molar-refractivity contribution in [2.24, 2.45) is 5.92 Å². The van der Waals surface area contributed by atoms with Crippen LogP contribution in [0.25, 0.3) is 0 Å². The quantitative estimate of drug-likeness (QED) is 0.115. The molecule has 1 aliphatic rings. The molecule has 0 aliphatic heterocycles. The SMILES string of the molecule is CC(=O)N(Cc1ccccc1)c1cc(C(=O)NC(C)c2cccnc2)cc(C(=O)N[C@H](CN[C@@H](C)C(=O)NCC2CC2)Cc2ccccc2)c1.[HH].[HH].[HH].[HH]. The largest absolute Gasteiger partial charge is 0.354 e. The average molecular weight is 683 g/mol. The van der Waals surface area contributed by atoms with Crippen molar-refractivity contribution in [3.63, 3.8) is 0 Å². The van der Waals surface area contributed by atoms with Crippen LogP contribution in [0.1, 0.15) is 82.8 Å². The van der Waals surface area contributed by atoms with Gasteiger partial charge < -0.3 is 26.2 Å². The van der Waals surface area contributed by atoms with Crippen molar-refractivity contribution in [1.29, 1.82) is 0 Å². The number of carbonyl (C=O) groups is 4. The molecule has 1 saturated carbocycles. The van der Waals surface area contributed by atoms with Crippen molar-refractivity contribution in [2.75, 3.05) is 18.0 Å². The Hall–Kier alpha value is -5.35. The number of anilines is 1. The van der Waals surface area contributed by atoms with Crippen LogP contribution in [0.5, 0.6) is 0 Å². The Bertz CT molecular complexity index is 1770. The highest BCUT2D eigenvalue weighted by Crippen LogP contribution is 2.27. The Labute approximate surface area is 300 Å². The lowest BCUT2D eigenvalue weighted by Gasteiger charge is -2.25. The van der Waals surface area contributed by atoms with Gasteiger partial charge in [-0.15, -0.1) is 0 Å². The normalized spacial score (nSPS) is 14.1. The van der Waals surface area contributed by atoms with Gasteiger partial charge in [-0.25, -0.2) is 0 Å². The minimum absolute atomic E-state index is 0. The van der Waals surface area contributed by atoms with Crippen molar-refractivity contribution in [3.8, 4) is 0 Å². The van der Waals surface area contributed by atoms with Gasteiger partial charge in [-0.05, 0) is 80.0 Å². The minimum Gasteiger partial charge on any atom is -0.354 e. The fourth-order valence-electron chi connectivity index (χ4n) is 5.65. The number of pyridine rings is 1. The van der Waals surface area contributed by atoms with Crippen LogP contribution in [0.3, 0.4) is 0 Å². The maximum atomic E-state index is 14.1. The molecule has 3 atom stereocenters. The summed E-state index contributed by atoms with van der Waals surface area (Å²) in [5.74, 6) is -0.536. The van der Waals surface area contributed by atoms with Gasteiger partial charge in [-0.2, -0.15) is 0 Å². The molecule has 5 rings (SSSR count). The molecule has 4 aromatic rings. The van der Waals surface area contributed by atoms with E-state index in [1.807, 2.05) is 80.6 Å². The molecule has 1 fully saturated rings. The Morgan fingerprint density at radius 3 is 2.08 bits per heavy atom. The Kier molecular flexibility index (Phi) is 12.5. The van der Waals surface area contributed by atoms with Crippen LogP contribution >= 0.6 is 0 Å². The topological polar surface area (TPSA) is 133 Å². The average Bonchev–Trinajstić information content (AvgIpc) is 3.97. The number of nitrogens with one attached hydrogen (secondary N) is 4. The molecule has 10 heteroatoms. The van der Waals surface area contributed by atoms with Crippen LogP contribution in [0.15, 0.2) is 103 Å². The highest BCUT2D eigenvalue weighted by Gasteiger charge is 2.25. The Morgan fingerprint density at radius 2 is 1.48 bits per heavy atom. The molecule has 3 aromatic carbocycles. The molecule has 1 aliphatic carbocycles. The number of hydrogen-bond donors (Lipinski definition) is 4. The van der Waals surface area contributed by atoms with Crippen molar-refractivity contribution >= 4 is 29.3 Å². The molecular formula is C40H54N6O4. The van der Waals surface area contributed by atoms with Gasteiger partial charge in [-0.1, -0.05) is 66.7 Å². The van der Waals surface area contributed by atoms with Gasteiger partial charge in [-0.3, -0.25) is 24.2 Å². The van der Waals surface area contributed by atoms with Crippen LogP contribution in [-0.2, 0) is 22.6 Å². The number of benzene rings is 3. The van der Waals surface area contributed by atoms with Crippen molar-refractivity contribution in [2.45, 2.75) is 64.7 Å². The number of rotatable bonds is 16. The van der Waals surface area contributed by atoms with E-state index in [2.05, 4.69) is 26.3 Å². The van der Waals surface area contributed by atoms with Crippen LogP contribution < -0.4 is 26.2 Å². The van der Waals surface area contributed by atoms with Crippen molar-refractivity contribution in [3.05, 3.63) is 131 Å². The second kappa shape index (κ2) is 17.3. The third kappa shape index (κ3) is 10.6. The predicted molar refractivity (Wildman–Crippen MR) is 203 cm³/mol. The molecule has 1 unspecified atom stereocenters. The van der Waals surface area contributed by atoms with Gasteiger partial charge in [0.1, 0.15) is 0 Å². The Morgan fingerprint density at radius 1 is 0.840 bits per heavy atom. The summed E-state index contributed by atoms with van der Waals surface area (Å²) in [4.78, 5) is 59.2. The molecule has 1 heterocycles. The summed E-state index contributed by atoms with van der Waals surface area (Å²) in [5.41, 5.74) is 3.64. The molecule has 10 nitrogen and oxygen atoms in total. The summed E-state index contributed by atoms with van der Waals surface area (Å²) >= 11 is 0. The third-order valence-electron chi connectivity index (χ3n) is 8.84. The lowest BCUT2D eigenvalue weighted by atomic mass is 10.0. The lowest BCUT2D eigenvalue weighted by Crippen LogP contribution is -2.49. The molecule has 1 aromatic heterocycles. The number of aromatic nitrogens is 1. The van der Waals surface area contributed by atoms with Gasteiger partial charge >= 0.3 is 0 Å². The highest BCUT2D eigenvalue weighted by molar-refractivity contribution is 6.03.